The lowest BCUT2D eigenvalue weighted by atomic mass is 10.1. The number of aryl methyl sites for hydroxylation is 1. The second kappa shape index (κ2) is 6.63. The second-order valence-electron chi connectivity index (χ2n) is 5.52. The Morgan fingerprint density at radius 1 is 1.36 bits per heavy atom. The minimum atomic E-state index is -0.504. The van der Waals surface area contributed by atoms with Crippen LogP contribution in [0.15, 0.2) is 41.7 Å². The number of amides is 1. The number of hydrogen-bond donors (Lipinski definition) is 2. The van der Waals surface area contributed by atoms with Crippen molar-refractivity contribution in [2.24, 2.45) is 12.8 Å². The summed E-state index contributed by atoms with van der Waals surface area (Å²) in [6.45, 7) is 0.660. The maximum absolute atomic E-state index is 11.7. The first-order chi connectivity index (χ1) is 12.0. The molecule has 0 spiro atoms. The van der Waals surface area contributed by atoms with E-state index in [1.54, 1.807) is 20.2 Å². The van der Waals surface area contributed by atoms with E-state index in [9.17, 15) is 4.79 Å². The average molecular weight is 341 g/mol. The maximum atomic E-state index is 11.7. The summed E-state index contributed by atoms with van der Waals surface area (Å²) >= 11 is 0. The Labute approximate surface area is 144 Å². The molecule has 0 saturated carbocycles. The number of anilines is 1. The molecule has 0 unspecified atom stereocenters. The summed E-state index contributed by atoms with van der Waals surface area (Å²) in [6.07, 6.45) is 3.59. The quantitative estimate of drug-likeness (QED) is 0.814. The molecule has 1 aliphatic heterocycles. The van der Waals surface area contributed by atoms with E-state index in [1.165, 1.54) is 4.80 Å². The Balaban J connectivity index is 2.06. The zero-order valence-corrected chi connectivity index (χ0v) is 14.2. The highest BCUT2D eigenvalue weighted by Crippen LogP contribution is 2.36. The fraction of sp³-hybridized carbons (Fsp3) is 0.250. The highest BCUT2D eigenvalue weighted by molar-refractivity contribution is 5.96. The summed E-state index contributed by atoms with van der Waals surface area (Å²) in [7, 11) is 5.13. The number of likely N-dealkylation sites (N-methyl/N-ethyl adjacent to an activating group) is 1. The van der Waals surface area contributed by atoms with Gasteiger partial charge in [-0.05, 0) is 23.4 Å². The molecule has 1 aromatic carbocycles. The van der Waals surface area contributed by atoms with Gasteiger partial charge in [-0.2, -0.15) is 4.80 Å². The van der Waals surface area contributed by atoms with E-state index in [1.807, 2.05) is 36.2 Å². The van der Waals surface area contributed by atoms with Crippen molar-refractivity contribution in [3.05, 3.63) is 41.7 Å². The SMILES string of the molecule is COc1c(NC2=C(C(N)=O)C=CCN2C)cccc1-c1nnn(C)n1. The Hall–Kier alpha value is -3.36. The van der Waals surface area contributed by atoms with Crippen LogP contribution in [0.25, 0.3) is 11.4 Å². The van der Waals surface area contributed by atoms with Gasteiger partial charge in [-0.1, -0.05) is 12.1 Å². The molecule has 2 aromatic rings. The number of nitrogens with two attached hydrogens (primary N) is 1. The van der Waals surface area contributed by atoms with Gasteiger partial charge in [0.15, 0.2) is 5.75 Å². The van der Waals surface area contributed by atoms with Gasteiger partial charge in [-0.3, -0.25) is 4.79 Å². The van der Waals surface area contributed by atoms with Crippen LogP contribution in [-0.2, 0) is 11.8 Å². The number of nitrogens with zero attached hydrogens (tertiary/aromatic N) is 5. The molecule has 0 saturated heterocycles. The largest absolute Gasteiger partial charge is 0.494 e. The second-order valence-corrected chi connectivity index (χ2v) is 5.52. The van der Waals surface area contributed by atoms with E-state index in [0.29, 0.717) is 40.8 Å². The first-order valence-corrected chi connectivity index (χ1v) is 7.61. The molecular formula is C16H19N7O2. The lowest BCUT2D eigenvalue weighted by Gasteiger charge is -2.28. The van der Waals surface area contributed by atoms with Crippen LogP contribution in [0, 0.1) is 0 Å². The summed E-state index contributed by atoms with van der Waals surface area (Å²) in [5.74, 6) is 1.10. The van der Waals surface area contributed by atoms with Crippen molar-refractivity contribution in [1.82, 2.24) is 25.1 Å². The fourth-order valence-corrected chi connectivity index (χ4v) is 2.62. The molecule has 0 atom stereocenters. The van der Waals surface area contributed by atoms with Gasteiger partial charge >= 0.3 is 0 Å². The number of para-hydroxylation sites is 1. The molecule has 1 aromatic heterocycles. The first kappa shape index (κ1) is 16.5. The molecule has 0 bridgehead atoms. The van der Waals surface area contributed by atoms with Crippen LogP contribution < -0.4 is 15.8 Å². The molecule has 0 radical (unpaired) electrons. The number of rotatable bonds is 5. The predicted octanol–water partition coefficient (Wildman–Crippen LogP) is 0.496. The normalized spacial score (nSPS) is 14.0. The monoisotopic (exact) mass is 341 g/mol. The molecule has 2 heterocycles. The highest BCUT2D eigenvalue weighted by Gasteiger charge is 2.21. The van der Waals surface area contributed by atoms with Crippen molar-refractivity contribution >= 4 is 11.6 Å². The van der Waals surface area contributed by atoms with Gasteiger partial charge in [0.25, 0.3) is 5.91 Å². The van der Waals surface area contributed by atoms with Gasteiger partial charge in [-0.15, -0.1) is 10.2 Å². The summed E-state index contributed by atoms with van der Waals surface area (Å²) < 4.78 is 5.56. The third-order valence-electron chi connectivity index (χ3n) is 3.79. The van der Waals surface area contributed by atoms with Crippen molar-refractivity contribution in [2.75, 3.05) is 26.0 Å². The summed E-state index contributed by atoms with van der Waals surface area (Å²) in [4.78, 5) is 15.0. The Kier molecular flexibility index (Phi) is 4.38. The molecule has 1 amide bonds. The number of aromatic nitrogens is 4. The van der Waals surface area contributed by atoms with Gasteiger partial charge in [0.2, 0.25) is 5.82 Å². The van der Waals surface area contributed by atoms with E-state index in [0.717, 1.165) is 0 Å². The van der Waals surface area contributed by atoms with Gasteiger partial charge in [0.05, 0.1) is 31.0 Å². The summed E-state index contributed by atoms with van der Waals surface area (Å²) in [6, 6.07) is 5.53. The third kappa shape index (κ3) is 3.16. The fourth-order valence-electron chi connectivity index (χ4n) is 2.62. The number of primary amides is 1. The number of tetrazole rings is 1. The van der Waals surface area contributed by atoms with Crippen molar-refractivity contribution in [2.45, 2.75) is 0 Å². The number of ether oxygens (including phenoxy) is 1. The van der Waals surface area contributed by atoms with E-state index in [-0.39, 0.29) is 0 Å². The molecule has 3 rings (SSSR count). The van der Waals surface area contributed by atoms with Crippen molar-refractivity contribution < 1.29 is 9.53 Å². The van der Waals surface area contributed by atoms with Crippen LogP contribution in [0.1, 0.15) is 0 Å². The van der Waals surface area contributed by atoms with E-state index >= 15 is 0 Å². The number of benzene rings is 1. The van der Waals surface area contributed by atoms with Crippen LogP contribution in [-0.4, -0.2) is 51.7 Å². The topological polar surface area (TPSA) is 111 Å². The number of hydrogen-bond acceptors (Lipinski definition) is 7. The number of nitrogens with one attached hydrogen (secondary N) is 1. The summed E-state index contributed by atoms with van der Waals surface area (Å²) in [5, 5.41) is 15.3. The minimum absolute atomic E-state index is 0.402. The van der Waals surface area contributed by atoms with Crippen molar-refractivity contribution in [3.8, 4) is 17.1 Å². The van der Waals surface area contributed by atoms with Gasteiger partial charge < -0.3 is 20.7 Å². The lowest BCUT2D eigenvalue weighted by molar-refractivity contribution is -0.114. The van der Waals surface area contributed by atoms with Crippen molar-refractivity contribution in [3.63, 3.8) is 0 Å². The molecule has 0 aliphatic carbocycles. The van der Waals surface area contributed by atoms with E-state index in [2.05, 4.69) is 20.7 Å². The Morgan fingerprint density at radius 2 is 2.16 bits per heavy atom. The molecule has 9 heteroatoms. The molecule has 3 N–H and O–H groups in total. The molecular weight excluding hydrogens is 322 g/mol. The van der Waals surface area contributed by atoms with Crippen LogP contribution in [0.5, 0.6) is 5.75 Å². The standard InChI is InChI=1S/C16H19N7O2/c1-22-9-5-7-11(14(17)24)16(22)18-12-8-4-6-10(13(12)25-3)15-19-21-23(2)20-15/h4-8,18H,9H2,1-3H3,(H2,17,24). The van der Waals surface area contributed by atoms with Crippen molar-refractivity contribution in [1.29, 1.82) is 0 Å². The number of carbonyl (C=O) groups is 1. The molecule has 130 valence electrons. The number of methoxy groups -OCH3 is 1. The summed E-state index contributed by atoms with van der Waals surface area (Å²) in [5.41, 5.74) is 7.25. The zero-order valence-electron chi connectivity index (χ0n) is 14.2. The molecule has 25 heavy (non-hydrogen) atoms. The van der Waals surface area contributed by atoms with Crippen LogP contribution >= 0.6 is 0 Å². The first-order valence-electron chi connectivity index (χ1n) is 7.61. The lowest BCUT2D eigenvalue weighted by Crippen LogP contribution is -2.31. The van der Waals surface area contributed by atoms with Crippen LogP contribution in [0.3, 0.4) is 0 Å². The smallest absolute Gasteiger partial charge is 0.252 e. The maximum Gasteiger partial charge on any atom is 0.252 e. The molecule has 1 aliphatic rings. The van der Waals surface area contributed by atoms with E-state index < -0.39 is 5.91 Å². The zero-order chi connectivity index (χ0) is 18.0. The third-order valence-corrected chi connectivity index (χ3v) is 3.79. The highest BCUT2D eigenvalue weighted by atomic mass is 16.5. The van der Waals surface area contributed by atoms with E-state index in [4.69, 9.17) is 10.5 Å². The van der Waals surface area contributed by atoms with Crippen LogP contribution in [0.4, 0.5) is 5.69 Å². The molecule has 9 nitrogen and oxygen atoms in total. The Bertz CT molecular complexity index is 869. The average Bonchev–Trinajstić information content (AvgIpc) is 3.02. The predicted molar refractivity (Wildman–Crippen MR) is 92.4 cm³/mol. The van der Waals surface area contributed by atoms with Crippen LogP contribution in [0.2, 0.25) is 0 Å². The van der Waals surface area contributed by atoms with Gasteiger partial charge in [-0.25, -0.2) is 0 Å². The van der Waals surface area contributed by atoms with Gasteiger partial charge in [0, 0.05) is 13.6 Å². The minimum Gasteiger partial charge on any atom is -0.494 e. The Morgan fingerprint density at radius 3 is 2.80 bits per heavy atom. The molecule has 0 fully saturated rings. The van der Waals surface area contributed by atoms with Gasteiger partial charge in [0.1, 0.15) is 5.82 Å². The number of carbonyl (C=O) groups excluding carboxylic acids is 1.